The Morgan fingerprint density at radius 1 is 1.42 bits per heavy atom. The van der Waals surface area contributed by atoms with Gasteiger partial charge in [-0.05, 0) is 36.3 Å². The molecular weight excluding hydrogens is 280 g/mol. The van der Waals surface area contributed by atoms with Gasteiger partial charge >= 0.3 is 0 Å². The SMILES string of the molecule is Cl.NC(CNC(=O)c1cc2ccccc2s1)C1CC1. The van der Waals surface area contributed by atoms with Crippen LogP contribution in [0.15, 0.2) is 30.3 Å². The first-order valence-corrected chi connectivity index (χ1v) is 7.08. The molecule has 1 heterocycles. The Morgan fingerprint density at radius 3 is 2.84 bits per heavy atom. The molecule has 0 spiro atoms. The molecule has 1 fully saturated rings. The number of fused-ring (bicyclic) bond motifs is 1. The standard InChI is InChI=1S/C14H16N2OS.ClH/c15-11(9-5-6-9)8-16-14(17)13-7-10-3-1-2-4-12(10)18-13;/h1-4,7,9,11H,5-6,8,15H2,(H,16,17);1H. The normalized spacial score (nSPS) is 15.8. The summed E-state index contributed by atoms with van der Waals surface area (Å²) in [6.07, 6.45) is 2.42. The molecule has 102 valence electrons. The topological polar surface area (TPSA) is 55.1 Å². The lowest BCUT2D eigenvalue weighted by Gasteiger charge is -2.10. The second kappa shape index (κ2) is 5.90. The average Bonchev–Trinajstić information content (AvgIpc) is 3.14. The van der Waals surface area contributed by atoms with Gasteiger partial charge in [0.05, 0.1) is 4.88 Å². The van der Waals surface area contributed by atoms with E-state index in [1.807, 2.05) is 30.3 Å². The zero-order valence-corrected chi connectivity index (χ0v) is 12.1. The molecule has 1 unspecified atom stereocenters. The van der Waals surface area contributed by atoms with Crippen molar-refractivity contribution in [2.75, 3.05) is 6.54 Å². The summed E-state index contributed by atoms with van der Waals surface area (Å²) < 4.78 is 1.15. The highest BCUT2D eigenvalue weighted by Gasteiger charge is 2.28. The smallest absolute Gasteiger partial charge is 0.261 e. The van der Waals surface area contributed by atoms with E-state index in [1.165, 1.54) is 24.2 Å². The van der Waals surface area contributed by atoms with E-state index in [9.17, 15) is 4.79 Å². The van der Waals surface area contributed by atoms with Gasteiger partial charge in [0, 0.05) is 17.3 Å². The van der Waals surface area contributed by atoms with E-state index in [2.05, 4.69) is 5.32 Å². The molecule has 0 aliphatic heterocycles. The van der Waals surface area contributed by atoms with Crippen LogP contribution in [0.2, 0.25) is 0 Å². The number of hydrogen-bond donors (Lipinski definition) is 2. The highest BCUT2D eigenvalue weighted by atomic mass is 35.5. The van der Waals surface area contributed by atoms with Gasteiger partial charge in [-0.15, -0.1) is 23.7 Å². The van der Waals surface area contributed by atoms with Crippen molar-refractivity contribution >= 4 is 39.7 Å². The summed E-state index contributed by atoms with van der Waals surface area (Å²) in [6.45, 7) is 0.581. The van der Waals surface area contributed by atoms with Gasteiger partial charge in [-0.3, -0.25) is 4.79 Å². The quantitative estimate of drug-likeness (QED) is 0.911. The van der Waals surface area contributed by atoms with E-state index in [1.54, 1.807) is 0 Å². The third kappa shape index (κ3) is 3.26. The number of rotatable bonds is 4. The maximum absolute atomic E-state index is 12.0. The van der Waals surface area contributed by atoms with E-state index in [0.29, 0.717) is 12.5 Å². The van der Waals surface area contributed by atoms with Crippen molar-refractivity contribution < 1.29 is 4.79 Å². The van der Waals surface area contributed by atoms with Crippen LogP contribution in [-0.4, -0.2) is 18.5 Å². The number of benzene rings is 1. The summed E-state index contributed by atoms with van der Waals surface area (Å²) in [6, 6.07) is 10.1. The first kappa shape index (κ1) is 14.3. The molecule has 0 saturated heterocycles. The van der Waals surface area contributed by atoms with Gasteiger partial charge in [0.25, 0.3) is 5.91 Å². The molecule has 0 radical (unpaired) electrons. The van der Waals surface area contributed by atoms with Crippen molar-refractivity contribution in [1.29, 1.82) is 0 Å². The van der Waals surface area contributed by atoms with E-state index < -0.39 is 0 Å². The van der Waals surface area contributed by atoms with Crippen molar-refractivity contribution in [2.24, 2.45) is 11.7 Å². The van der Waals surface area contributed by atoms with Crippen LogP contribution in [0.25, 0.3) is 10.1 Å². The average molecular weight is 297 g/mol. The fourth-order valence-electron chi connectivity index (χ4n) is 2.08. The molecule has 2 aromatic rings. The van der Waals surface area contributed by atoms with Gasteiger partial charge in [-0.1, -0.05) is 18.2 Å². The van der Waals surface area contributed by atoms with Crippen molar-refractivity contribution in [2.45, 2.75) is 18.9 Å². The van der Waals surface area contributed by atoms with E-state index >= 15 is 0 Å². The van der Waals surface area contributed by atoms with Gasteiger partial charge in [0.1, 0.15) is 0 Å². The number of nitrogens with two attached hydrogens (primary N) is 1. The molecule has 1 amide bonds. The molecule has 19 heavy (non-hydrogen) atoms. The summed E-state index contributed by atoms with van der Waals surface area (Å²) in [5.41, 5.74) is 5.97. The highest BCUT2D eigenvalue weighted by Crippen LogP contribution is 2.31. The minimum atomic E-state index is -0.00713. The van der Waals surface area contributed by atoms with Gasteiger partial charge in [-0.25, -0.2) is 0 Å². The molecule has 1 saturated carbocycles. The van der Waals surface area contributed by atoms with Crippen LogP contribution in [0.5, 0.6) is 0 Å². The van der Waals surface area contributed by atoms with Gasteiger partial charge in [0.15, 0.2) is 0 Å². The Bertz CT molecular complexity index is 547. The van der Waals surface area contributed by atoms with Crippen molar-refractivity contribution in [3.8, 4) is 0 Å². The number of halogens is 1. The van der Waals surface area contributed by atoms with Crippen molar-refractivity contribution in [3.63, 3.8) is 0 Å². The van der Waals surface area contributed by atoms with Crippen LogP contribution >= 0.6 is 23.7 Å². The first-order valence-electron chi connectivity index (χ1n) is 6.26. The van der Waals surface area contributed by atoms with E-state index in [4.69, 9.17) is 5.73 Å². The van der Waals surface area contributed by atoms with E-state index in [-0.39, 0.29) is 24.4 Å². The maximum atomic E-state index is 12.0. The Labute approximate surface area is 122 Å². The summed E-state index contributed by atoms with van der Waals surface area (Å²) in [4.78, 5) is 12.8. The molecular formula is C14H17ClN2OS. The predicted octanol–water partition coefficient (Wildman–Crippen LogP) is 2.79. The summed E-state index contributed by atoms with van der Waals surface area (Å²) in [5.74, 6) is 0.611. The van der Waals surface area contributed by atoms with Gasteiger partial charge in [0.2, 0.25) is 0 Å². The molecule has 1 aromatic heterocycles. The number of carbonyl (C=O) groups is 1. The number of hydrogen-bond acceptors (Lipinski definition) is 3. The Kier molecular flexibility index (Phi) is 4.45. The lowest BCUT2D eigenvalue weighted by atomic mass is 10.2. The zero-order valence-electron chi connectivity index (χ0n) is 10.5. The third-order valence-electron chi connectivity index (χ3n) is 3.38. The summed E-state index contributed by atoms with van der Waals surface area (Å²) in [5, 5.41) is 4.05. The fraction of sp³-hybridized carbons (Fsp3) is 0.357. The van der Waals surface area contributed by atoms with Crippen LogP contribution in [0.4, 0.5) is 0 Å². The lowest BCUT2D eigenvalue weighted by Crippen LogP contribution is -2.38. The number of amides is 1. The molecule has 1 atom stereocenters. The molecule has 5 heteroatoms. The van der Waals surface area contributed by atoms with Crippen molar-refractivity contribution in [1.82, 2.24) is 5.32 Å². The van der Waals surface area contributed by atoms with Gasteiger partial charge in [-0.2, -0.15) is 0 Å². The predicted molar refractivity (Wildman–Crippen MR) is 82.1 cm³/mol. The van der Waals surface area contributed by atoms with Gasteiger partial charge < -0.3 is 11.1 Å². The zero-order chi connectivity index (χ0) is 12.5. The van der Waals surface area contributed by atoms with Crippen LogP contribution in [0.3, 0.4) is 0 Å². The molecule has 0 bridgehead atoms. The third-order valence-corrected chi connectivity index (χ3v) is 4.49. The minimum absolute atomic E-state index is 0. The monoisotopic (exact) mass is 296 g/mol. The second-order valence-corrected chi connectivity index (χ2v) is 5.94. The number of thiophene rings is 1. The molecule has 1 aliphatic rings. The summed E-state index contributed by atoms with van der Waals surface area (Å²) >= 11 is 1.53. The van der Waals surface area contributed by atoms with Crippen LogP contribution < -0.4 is 11.1 Å². The summed E-state index contributed by atoms with van der Waals surface area (Å²) in [7, 11) is 0. The van der Waals surface area contributed by atoms with E-state index in [0.717, 1.165) is 15.0 Å². The maximum Gasteiger partial charge on any atom is 0.261 e. The lowest BCUT2D eigenvalue weighted by molar-refractivity contribution is 0.0954. The highest BCUT2D eigenvalue weighted by molar-refractivity contribution is 7.20. The molecule has 3 nitrogen and oxygen atoms in total. The largest absolute Gasteiger partial charge is 0.350 e. The first-order chi connectivity index (χ1) is 8.74. The Hall–Kier alpha value is -1.10. The molecule has 3 rings (SSSR count). The number of nitrogens with one attached hydrogen (secondary N) is 1. The molecule has 1 aromatic carbocycles. The van der Waals surface area contributed by atoms with Crippen molar-refractivity contribution in [3.05, 3.63) is 35.2 Å². The number of carbonyl (C=O) groups excluding carboxylic acids is 1. The molecule has 3 N–H and O–H groups in total. The Morgan fingerprint density at radius 2 is 2.16 bits per heavy atom. The van der Waals surface area contributed by atoms with Crippen LogP contribution in [0, 0.1) is 5.92 Å². The van der Waals surface area contributed by atoms with Crippen LogP contribution in [0.1, 0.15) is 22.5 Å². The minimum Gasteiger partial charge on any atom is -0.350 e. The fourth-order valence-corrected chi connectivity index (χ4v) is 3.06. The Balaban J connectivity index is 0.00000133. The van der Waals surface area contributed by atoms with Crippen LogP contribution in [-0.2, 0) is 0 Å². The second-order valence-electron chi connectivity index (χ2n) is 4.86. The molecule has 1 aliphatic carbocycles.